The monoisotopic (exact) mass is 262 g/mol. The van der Waals surface area contributed by atoms with Crippen molar-refractivity contribution in [1.29, 1.82) is 0 Å². The van der Waals surface area contributed by atoms with Crippen LogP contribution in [-0.2, 0) is 4.79 Å². The molecule has 1 N–H and O–H groups in total. The van der Waals surface area contributed by atoms with Gasteiger partial charge in [0.15, 0.2) is 6.61 Å². The van der Waals surface area contributed by atoms with Crippen molar-refractivity contribution in [3.05, 3.63) is 54.2 Å². The molecule has 1 aromatic carbocycles. The molecule has 0 aliphatic heterocycles. The lowest BCUT2D eigenvalue weighted by atomic mass is 10.3. The Labute approximate surface area is 108 Å². The predicted molar refractivity (Wildman–Crippen MR) is 66.3 cm³/mol. The summed E-state index contributed by atoms with van der Waals surface area (Å²) in [6.07, 6.45) is 2.87. The minimum atomic E-state index is -0.424. The predicted octanol–water partition coefficient (Wildman–Crippen LogP) is 1.95. The molecule has 0 aliphatic rings. The van der Waals surface area contributed by atoms with Crippen LogP contribution in [0.3, 0.4) is 0 Å². The fourth-order valence-electron chi connectivity index (χ4n) is 1.24. The summed E-state index contributed by atoms with van der Waals surface area (Å²) in [5, 5.41) is 3.68. The Morgan fingerprint density at radius 1 is 1.37 bits per heavy atom. The van der Waals surface area contributed by atoms with Crippen LogP contribution in [0.2, 0.25) is 0 Å². The van der Waals surface area contributed by atoms with Crippen molar-refractivity contribution in [3.8, 4) is 5.75 Å². The number of ether oxygens (including phenoxy) is 1. The molecule has 0 saturated heterocycles. The lowest BCUT2D eigenvalue weighted by Gasteiger charge is -2.04. The van der Waals surface area contributed by atoms with E-state index in [9.17, 15) is 9.18 Å². The van der Waals surface area contributed by atoms with Crippen LogP contribution in [0.4, 0.5) is 4.39 Å². The standard InChI is InChI=1S/C13H11FN2O3/c14-10-3-5-11(6-4-10)19-9-13(17)16-15-8-12-2-1-7-18-12/h1-8H,9H2,(H,16,17)/b15-8-. The summed E-state index contributed by atoms with van der Waals surface area (Å²) in [6.45, 7) is -0.207. The second-order valence-electron chi connectivity index (χ2n) is 3.55. The summed E-state index contributed by atoms with van der Waals surface area (Å²) < 4.78 is 22.7. The fourth-order valence-corrected chi connectivity index (χ4v) is 1.24. The van der Waals surface area contributed by atoms with Crippen LogP contribution in [0.15, 0.2) is 52.2 Å². The highest BCUT2D eigenvalue weighted by Crippen LogP contribution is 2.10. The summed E-state index contributed by atoms with van der Waals surface area (Å²) in [7, 11) is 0. The number of hydrogen-bond donors (Lipinski definition) is 1. The molecule has 0 spiro atoms. The normalized spacial score (nSPS) is 10.6. The van der Waals surface area contributed by atoms with Crippen molar-refractivity contribution in [3.63, 3.8) is 0 Å². The molecule has 0 aliphatic carbocycles. The molecule has 6 heteroatoms. The summed E-state index contributed by atoms with van der Waals surface area (Å²) in [5.41, 5.74) is 2.27. The van der Waals surface area contributed by atoms with Gasteiger partial charge in [-0.15, -0.1) is 0 Å². The minimum absolute atomic E-state index is 0.207. The Bertz CT molecular complexity index is 550. The van der Waals surface area contributed by atoms with Gasteiger partial charge in [-0.05, 0) is 36.4 Å². The lowest BCUT2D eigenvalue weighted by Crippen LogP contribution is -2.24. The van der Waals surface area contributed by atoms with Crippen molar-refractivity contribution >= 4 is 12.1 Å². The molecule has 19 heavy (non-hydrogen) atoms. The molecule has 0 radical (unpaired) electrons. The van der Waals surface area contributed by atoms with E-state index in [1.54, 1.807) is 12.1 Å². The van der Waals surface area contributed by atoms with Crippen molar-refractivity contribution in [1.82, 2.24) is 5.43 Å². The van der Waals surface area contributed by atoms with Gasteiger partial charge in [-0.25, -0.2) is 9.82 Å². The van der Waals surface area contributed by atoms with Crippen molar-refractivity contribution < 1.29 is 18.3 Å². The highest BCUT2D eigenvalue weighted by molar-refractivity contribution is 5.81. The van der Waals surface area contributed by atoms with E-state index in [0.29, 0.717) is 11.5 Å². The third kappa shape index (κ3) is 4.27. The van der Waals surface area contributed by atoms with Gasteiger partial charge < -0.3 is 9.15 Å². The first kappa shape index (κ1) is 12.8. The van der Waals surface area contributed by atoms with Crippen LogP contribution in [-0.4, -0.2) is 18.7 Å². The average molecular weight is 262 g/mol. The van der Waals surface area contributed by atoms with Gasteiger partial charge in [0.05, 0.1) is 12.5 Å². The number of nitrogens with one attached hydrogen (secondary N) is 1. The van der Waals surface area contributed by atoms with E-state index in [-0.39, 0.29) is 12.4 Å². The van der Waals surface area contributed by atoms with Gasteiger partial charge in [-0.2, -0.15) is 5.10 Å². The topological polar surface area (TPSA) is 63.8 Å². The first-order chi connectivity index (χ1) is 9.24. The maximum atomic E-state index is 12.6. The molecule has 1 amide bonds. The first-order valence-corrected chi connectivity index (χ1v) is 5.48. The number of amides is 1. The molecule has 5 nitrogen and oxygen atoms in total. The minimum Gasteiger partial charge on any atom is -0.484 e. The SMILES string of the molecule is O=C(COc1ccc(F)cc1)N/N=C\c1ccco1. The zero-order valence-corrected chi connectivity index (χ0v) is 9.88. The molecule has 0 unspecified atom stereocenters. The van der Waals surface area contributed by atoms with E-state index in [1.165, 1.54) is 36.7 Å². The molecule has 0 bridgehead atoms. The number of carbonyl (C=O) groups excluding carboxylic acids is 1. The fraction of sp³-hybridized carbons (Fsp3) is 0.0769. The number of rotatable bonds is 5. The first-order valence-electron chi connectivity index (χ1n) is 5.48. The molecule has 0 atom stereocenters. The zero-order valence-electron chi connectivity index (χ0n) is 9.88. The van der Waals surface area contributed by atoms with Crippen LogP contribution < -0.4 is 10.2 Å². The van der Waals surface area contributed by atoms with Crippen LogP contribution >= 0.6 is 0 Å². The van der Waals surface area contributed by atoms with E-state index in [1.807, 2.05) is 0 Å². The number of hydrogen-bond acceptors (Lipinski definition) is 4. The van der Waals surface area contributed by atoms with E-state index in [4.69, 9.17) is 9.15 Å². The van der Waals surface area contributed by atoms with Crippen LogP contribution in [0.1, 0.15) is 5.76 Å². The third-order valence-corrected chi connectivity index (χ3v) is 2.11. The molecular formula is C13H11FN2O3. The maximum absolute atomic E-state index is 12.6. The average Bonchev–Trinajstić information content (AvgIpc) is 2.91. The summed E-state index contributed by atoms with van der Waals surface area (Å²) in [6, 6.07) is 8.79. The number of hydrazone groups is 1. The number of halogens is 1. The molecule has 0 fully saturated rings. The number of nitrogens with zero attached hydrogens (tertiary/aromatic N) is 1. The van der Waals surface area contributed by atoms with Gasteiger partial charge in [-0.1, -0.05) is 0 Å². The van der Waals surface area contributed by atoms with Gasteiger partial charge in [0.25, 0.3) is 5.91 Å². The van der Waals surface area contributed by atoms with Crippen LogP contribution in [0.25, 0.3) is 0 Å². The van der Waals surface area contributed by atoms with Gasteiger partial charge >= 0.3 is 0 Å². The largest absolute Gasteiger partial charge is 0.484 e. The third-order valence-electron chi connectivity index (χ3n) is 2.11. The van der Waals surface area contributed by atoms with Crippen LogP contribution in [0.5, 0.6) is 5.75 Å². The van der Waals surface area contributed by atoms with E-state index in [2.05, 4.69) is 10.5 Å². The number of furan rings is 1. The Hall–Kier alpha value is -2.63. The Kier molecular flexibility index (Phi) is 4.28. The van der Waals surface area contributed by atoms with E-state index in [0.717, 1.165) is 0 Å². The quantitative estimate of drug-likeness (QED) is 0.661. The molecule has 1 aromatic heterocycles. The summed E-state index contributed by atoms with van der Waals surface area (Å²) >= 11 is 0. The highest BCUT2D eigenvalue weighted by Gasteiger charge is 2.01. The molecule has 0 saturated carbocycles. The Balaban J connectivity index is 1.74. The number of carbonyl (C=O) groups is 1. The summed E-state index contributed by atoms with van der Waals surface area (Å²) in [4.78, 5) is 11.4. The molecule has 1 heterocycles. The van der Waals surface area contributed by atoms with E-state index < -0.39 is 5.91 Å². The smallest absolute Gasteiger partial charge is 0.277 e. The maximum Gasteiger partial charge on any atom is 0.277 e. The summed E-state index contributed by atoms with van der Waals surface area (Å²) in [5.74, 6) is 0.151. The van der Waals surface area contributed by atoms with Gasteiger partial charge in [0.1, 0.15) is 17.3 Å². The highest BCUT2D eigenvalue weighted by atomic mass is 19.1. The van der Waals surface area contributed by atoms with Crippen molar-refractivity contribution in [2.75, 3.05) is 6.61 Å². The van der Waals surface area contributed by atoms with Gasteiger partial charge in [-0.3, -0.25) is 4.79 Å². The van der Waals surface area contributed by atoms with Crippen molar-refractivity contribution in [2.45, 2.75) is 0 Å². The van der Waals surface area contributed by atoms with Crippen LogP contribution in [0, 0.1) is 5.82 Å². The molecule has 2 rings (SSSR count). The zero-order chi connectivity index (χ0) is 13.5. The second kappa shape index (κ2) is 6.34. The Morgan fingerprint density at radius 3 is 2.84 bits per heavy atom. The van der Waals surface area contributed by atoms with Gasteiger partial charge in [0.2, 0.25) is 0 Å². The lowest BCUT2D eigenvalue weighted by molar-refractivity contribution is -0.123. The second-order valence-corrected chi connectivity index (χ2v) is 3.55. The van der Waals surface area contributed by atoms with E-state index >= 15 is 0 Å². The molecule has 2 aromatic rings. The van der Waals surface area contributed by atoms with Crippen molar-refractivity contribution in [2.24, 2.45) is 5.10 Å². The Morgan fingerprint density at radius 2 is 2.16 bits per heavy atom. The molecular weight excluding hydrogens is 251 g/mol. The molecule has 98 valence electrons. The number of benzene rings is 1. The van der Waals surface area contributed by atoms with Gasteiger partial charge in [0, 0.05) is 0 Å².